The first-order chi connectivity index (χ1) is 8.32. The van der Waals surface area contributed by atoms with E-state index < -0.39 is 17.7 Å². The number of carbonyl (C=O) groups is 2. The lowest BCUT2D eigenvalue weighted by molar-refractivity contribution is -0.129. The van der Waals surface area contributed by atoms with Crippen LogP contribution in [-0.2, 0) is 4.79 Å². The second-order valence-corrected chi connectivity index (χ2v) is 3.85. The first kappa shape index (κ1) is 14.1. The topological polar surface area (TPSA) is 125 Å². The number of carboxylic acid groups (broad SMARTS) is 1. The predicted molar refractivity (Wildman–Crippen MR) is 64.9 cm³/mol. The van der Waals surface area contributed by atoms with E-state index in [0.29, 0.717) is 0 Å². The average molecular weight is 292 g/mol. The van der Waals surface area contributed by atoms with E-state index in [0.717, 1.165) is 12.1 Å². The zero-order chi connectivity index (χ0) is 13.9. The smallest absolute Gasteiger partial charge is 0.373 e. The molecule has 1 rings (SSSR count). The normalized spacial score (nSPS) is 11.1. The van der Waals surface area contributed by atoms with Crippen molar-refractivity contribution in [2.75, 3.05) is 0 Å². The van der Waals surface area contributed by atoms with E-state index in [4.69, 9.17) is 34.0 Å². The van der Waals surface area contributed by atoms with Crippen molar-refractivity contribution in [3.8, 4) is 5.75 Å². The van der Waals surface area contributed by atoms with Crippen molar-refractivity contribution in [1.82, 2.24) is 5.43 Å². The van der Waals surface area contributed by atoms with Gasteiger partial charge in [0.05, 0.1) is 10.0 Å². The van der Waals surface area contributed by atoms with Gasteiger partial charge in [-0.25, -0.2) is 10.2 Å². The summed E-state index contributed by atoms with van der Waals surface area (Å²) in [7, 11) is 0. The van der Waals surface area contributed by atoms with Gasteiger partial charge in [-0.15, -0.1) is 5.10 Å². The third-order valence-corrected chi connectivity index (χ3v) is 2.35. The maximum Gasteiger partial charge on any atom is 0.373 e. The number of carbonyl (C=O) groups excluding carboxylic acids is 1. The summed E-state index contributed by atoms with van der Waals surface area (Å²) in [6.45, 7) is 0. The van der Waals surface area contributed by atoms with Crippen LogP contribution in [0.4, 0.5) is 0 Å². The van der Waals surface area contributed by atoms with Crippen LogP contribution in [0.25, 0.3) is 0 Å². The summed E-state index contributed by atoms with van der Waals surface area (Å²) >= 11 is 11.2. The van der Waals surface area contributed by atoms with Crippen molar-refractivity contribution in [3.05, 3.63) is 27.7 Å². The van der Waals surface area contributed by atoms with Gasteiger partial charge in [-0.2, -0.15) is 0 Å². The maximum absolute atomic E-state index is 11.5. The van der Waals surface area contributed by atoms with Gasteiger partial charge >= 0.3 is 5.97 Å². The van der Waals surface area contributed by atoms with Crippen LogP contribution in [-0.4, -0.2) is 27.9 Å². The van der Waals surface area contributed by atoms with Gasteiger partial charge in [0, 0.05) is 5.56 Å². The molecule has 1 aromatic carbocycles. The molecule has 0 aliphatic rings. The summed E-state index contributed by atoms with van der Waals surface area (Å²) in [5.74, 6) is -3.39. The summed E-state index contributed by atoms with van der Waals surface area (Å²) in [6.07, 6.45) is 0. The minimum absolute atomic E-state index is 0.00950. The lowest BCUT2D eigenvalue weighted by Crippen LogP contribution is -2.28. The highest BCUT2D eigenvalue weighted by Crippen LogP contribution is 2.32. The van der Waals surface area contributed by atoms with E-state index in [2.05, 4.69) is 5.10 Å². The molecule has 18 heavy (non-hydrogen) atoms. The molecule has 1 amide bonds. The number of benzene rings is 1. The van der Waals surface area contributed by atoms with E-state index in [-0.39, 0.29) is 21.4 Å². The summed E-state index contributed by atoms with van der Waals surface area (Å²) in [5, 5.41) is 20.6. The predicted octanol–water partition coefficient (Wildman–Crippen LogP) is 0.786. The number of hydrazone groups is 1. The Morgan fingerprint density at radius 3 is 2.22 bits per heavy atom. The number of rotatable bonds is 2. The average Bonchev–Trinajstić information content (AvgIpc) is 2.31. The molecule has 1 aromatic rings. The highest BCUT2D eigenvalue weighted by Gasteiger charge is 2.12. The van der Waals surface area contributed by atoms with Gasteiger partial charge in [-0.1, -0.05) is 23.2 Å². The number of nitrogens with one attached hydrogen (secondary N) is 1. The number of aliphatic carboxylic acids is 1. The van der Waals surface area contributed by atoms with E-state index in [9.17, 15) is 14.7 Å². The number of hydrogen-bond donors (Lipinski definition) is 4. The molecule has 0 saturated heterocycles. The monoisotopic (exact) mass is 291 g/mol. The van der Waals surface area contributed by atoms with Crippen LogP contribution in [0.1, 0.15) is 10.4 Å². The van der Waals surface area contributed by atoms with Gasteiger partial charge in [0.15, 0.2) is 5.75 Å². The molecule has 0 atom stereocenters. The summed E-state index contributed by atoms with van der Waals surface area (Å²) in [5.41, 5.74) is 6.86. The standard InChI is InChI=1S/C9H7Cl2N3O4/c10-4-1-3(2-5(11)6(4)15)8(16)14-13-7(12)9(17)18/h1-2,15H,(H2,12,13)(H,14,16)(H,17,18). The molecular formula is C9H7Cl2N3O4. The second-order valence-electron chi connectivity index (χ2n) is 3.03. The highest BCUT2D eigenvalue weighted by atomic mass is 35.5. The fourth-order valence-electron chi connectivity index (χ4n) is 0.920. The molecule has 0 aliphatic carbocycles. The molecule has 9 heteroatoms. The Hall–Kier alpha value is -1.99. The van der Waals surface area contributed by atoms with Crippen LogP contribution in [0.3, 0.4) is 0 Å². The number of aromatic hydroxyl groups is 1. The Balaban J connectivity index is 2.92. The molecule has 5 N–H and O–H groups in total. The Bertz CT molecular complexity index is 522. The second kappa shape index (κ2) is 5.56. The van der Waals surface area contributed by atoms with Crippen LogP contribution in [0.15, 0.2) is 17.2 Å². The van der Waals surface area contributed by atoms with Crippen LogP contribution in [0, 0.1) is 0 Å². The molecule has 0 fully saturated rings. The summed E-state index contributed by atoms with van der Waals surface area (Å²) in [6, 6.07) is 2.29. The molecule has 0 aromatic heterocycles. The molecule has 0 aliphatic heterocycles. The van der Waals surface area contributed by atoms with E-state index in [1.54, 1.807) is 0 Å². The quantitative estimate of drug-likeness (QED) is 0.364. The number of halogens is 2. The first-order valence-electron chi connectivity index (χ1n) is 4.37. The number of nitrogens with zero attached hydrogens (tertiary/aromatic N) is 1. The molecule has 0 saturated carbocycles. The molecule has 96 valence electrons. The Morgan fingerprint density at radius 1 is 1.28 bits per heavy atom. The van der Waals surface area contributed by atoms with Gasteiger partial charge in [0.1, 0.15) is 0 Å². The Labute approximate surface area is 111 Å². The van der Waals surface area contributed by atoms with Crippen molar-refractivity contribution in [1.29, 1.82) is 0 Å². The fraction of sp³-hybridized carbons (Fsp3) is 0. The summed E-state index contributed by atoms with van der Waals surface area (Å²) in [4.78, 5) is 21.8. The zero-order valence-corrected chi connectivity index (χ0v) is 10.2. The van der Waals surface area contributed by atoms with Gasteiger partial charge in [-0.05, 0) is 12.1 Å². The van der Waals surface area contributed by atoms with Crippen molar-refractivity contribution in [2.45, 2.75) is 0 Å². The van der Waals surface area contributed by atoms with Crippen molar-refractivity contribution < 1.29 is 19.8 Å². The Morgan fingerprint density at radius 2 is 1.78 bits per heavy atom. The molecule has 0 unspecified atom stereocenters. The van der Waals surface area contributed by atoms with Crippen LogP contribution in [0.2, 0.25) is 10.0 Å². The molecular weight excluding hydrogens is 285 g/mol. The Kier molecular flexibility index (Phi) is 4.35. The number of hydrogen-bond acceptors (Lipinski definition) is 4. The zero-order valence-electron chi connectivity index (χ0n) is 8.65. The minimum Gasteiger partial charge on any atom is -0.505 e. The van der Waals surface area contributed by atoms with Crippen molar-refractivity contribution >= 4 is 40.9 Å². The highest BCUT2D eigenvalue weighted by molar-refractivity contribution is 6.37. The minimum atomic E-state index is -1.47. The molecule has 0 bridgehead atoms. The molecule has 0 radical (unpaired) electrons. The molecule has 7 nitrogen and oxygen atoms in total. The third kappa shape index (κ3) is 3.25. The number of phenols is 1. The molecule has 0 heterocycles. The van der Waals surface area contributed by atoms with Crippen molar-refractivity contribution in [3.63, 3.8) is 0 Å². The first-order valence-corrected chi connectivity index (χ1v) is 5.13. The van der Waals surface area contributed by atoms with Gasteiger partial charge in [-0.3, -0.25) is 4.79 Å². The van der Waals surface area contributed by atoms with Gasteiger partial charge in [0.2, 0.25) is 5.84 Å². The number of phenolic OH excluding ortho intramolecular Hbond substituents is 1. The third-order valence-electron chi connectivity index (χ3n) is 1.78. The number of nitrogens with two attached hydrogens (primary N) is 1. The summed E-state index contributed by atoms with van der Waals surface area (Å²) < 4.78 is 0. The van der Waals surface area contributed by atoms with Crippen LogP contribution in [0.5, 0.6) is 5.75 Å². The van der Waals surface area contributed by atoms with E-state index in [1.807, 2.05) is 5.43 Å². The lowest BCUT2D eigenvalue weighted by Gasteiger charge is -2.04. The number of amidine groups is 1. The van der Waals surface area contributed by atoms with Gasteiger partial charge in [0.25, 0.3) is 5.91 Å². The van der Waals surface area contributed by atoms with E-state index >= 15 is 0 Å². The van der Waals surface area contributed by atoms with Crippen LogP contribution < -0.4 is 11.2 Å². The number of amides is 1. The lowest BCUT2D eigenvalue weighted by atomic mass is 10.2. The van der Waals surface area contributed by atoms with Gasteiger partial charge < -0.3 is 15.9 Å². The van der Waals surface area contributed by atoms with Crippen molar-refractivity contribution in [2.24, 2.45) is 10.8 Å². The molecule has 0 spiro atoms. The SMILES string of the molecule is N/C(=N/NC(=O)c1cc(Cl)c(O)c(Cl)c1)C(=O)O. The fourth-order valence-corrected chi connectivity index (χ4v) is 1.41. The number of carboxylic acids is 1. The maximum atomic E-state index is 11.5. The van der Waals surface area contributed by atoms with Crippen LogP contribution >= 0.6 is 23.2 Å². The largest absolute Gasteiger partial charge is 0.505 e. The van der Waals surface area contributed by atoms with E-state index in [1.165, 1.54) is 0 Å².